The third-order valence-electron chi connectivity index (χ3n) is 7.05. The zero-order valence-corrected chi connectivity index (χ0v) is 22.5. The van der Waals surface area contributed by atoms with Gasteiger partial charge in [-0.05, 0) is 51.3 Å². The van der Waals surface area contributed by atoms with Crippen LogP contribution in [0.3, 0.4) is 0 Å². The summed E-state index contributed by atoms with van der Waals surface area (Å²) in [6.07, 6.45) is 0.646. The molecule has 0 bridgehead atoms. The van der Waals surface area contributed by atoms with Crippen molar-refractivity contribution in [1.82, 2.24) is 4.90 Å². The fraction of sp³-hybridized carbons (Fsp3) is 0.407. The molecule has 1 atom stereocenters. The van der Waals surface area contributed by atoms with Crippen molar-refractivity contribution >= 4 is 33.4 Å². The third kappa shape index (κ3) is 5.05. The van der Waals surface area contributed by atoms with Gasteiger partial charge in [0.25, 0.3) is 5.91 Å². The van der Waals surface area contributed by atoms with Gasteiger partial charge in [-0.15, -0.1) is 0 Å². The summed E-state index contributed by atoms with van der Waals surface area (Å²) in [5.41, 5.74) is 0.551. The number of carbonyl (C=O) groups excluding carboxylic acids is 2. The van der Waals surface area contributed by atoms with E-state index in [0.717, 1.165) is 19.6 Å². The first-order valence-electron chi connectivity index (χ1n) is 12.5. The summed E-state index contributed by atoms with van der Waals surface area (Å²) in [4.78, 5) is 29.5. The van der Waals surface area contributed by atoms with Crippen molar-refractivity contribution in [1.29, 1.82) is 0 Å². The number of rotatable bonds is 7. The van der Waals surface area contributed by atoms with Crippen LogP contribution in [0.25, 0.3) is 5.76 Å². The molecule has 3 aliphatic rings. The molecule has 1 amide bonds. The van der Waals surface area contributed by atoms with Crippen LogP contribution in [0.4, 0.5) is 0 Å². The van der Waals surface area contributed by atoms with Crippen LogP contribution in [0.5, 0.6) is 23.0 Å². The van der Waals surface area contributed by atoms with E-state index in [1.165, 1.54) is 23.0 Å². The van der Waals surface area contributed by atoms with E-state index in [1.54, 1.807) is 24.3 Å². The normalized spacial score (nSPS) is 21.1. The van der Waals surface area contributed by atoms with Crippen molar-refractivity contribution in [2.75, 3.05) is 59.7 Å². The van der Waals surface area contributed by atoms with Crippen molar-refractivity contribution in [3.8, 4) is 23.0 Å². The number of phenols is 1. The number of methoxy groups -OCH3 is 1. The molecule has 0 aromatic heterocycles. The van der Waals surface area contributed by atoms with Crippen molar-refractivity contribution in [3.05, 3.63) is 51.5 Å². The van der Waals surface area contributed by atoms with Gasteiger partial charge in [0.15, 0.2) is 23.0 Å². The average molecular weight is 589 g/mol. The lowest BCUT2D eigenvalue weighted by molar-refractivity contribution is -0.908. The average Bonchev–Trinajstić information content (AvgIpc) is 3.19. The molecule has 1 unspecified atom stereocenters. The van der Waals surface area contributed by atoms with Crippen LogP contribution in [0.2, 0.25) is 0 Å². The number of Topliss-reactive ketones (excluding diaryl/α,β-unsaturated/α-hetero) is 1. The molecule has 0 aliphatic carbocycles. The summed E-state index contributed by atoms with van der Waals surface area (Å²) in [7, 11) is 1.41. The van der Waals surface area contributed by atoms with Crippen LogP contribution in [0.15, 0.2) is 40.4 Å². The minimum Gasteiger partial charge on any atom is -0.872 e. The van der Waals surface area contributed by atoms with Crippen LogP contribution in [-0.2, 0) is 14.3 Å². The number of nitrogens with zero attached hydrogens (tertiary/aromatic N) is 1. The molecule has 3 heterocycles. The standard InChI is InChI=1S/C27H29BrN2O8/c1-35-21-15-17(13-18(28)25(21)32)23-22(24(31)16-3-4-19-20(14-16)38-12-11-37-19)26(33)27(34)30(23)6-2-5-29-7-9-36-10-8-29/h3-4,13-15,23,31-32H,2,5-12H2,1H3. The maximum Gasteiger partial charge on any atom is 0.295 e. The van der Waals surface area contributed by atoms with E-state index in [2.05, 4.69) is 15.9 Å². The van der Waals surface area contributed by atoms with E-state index >= 15 is 0 Å². The smallest absolute Gasteiger partial charge is 0.295 e. The number of hydrogen-bond acceptors (Lipinski definition) is 8. The number of ether oxygens (including phenoxy) is 4. The predicted octanol–water partition coefficient (Wildman–Crippen LogP) is 0.464. The molecule has 2 N–H and O–H groups in total. The number of ketones is 1. The van der Waals surface area contributed by atoms with Crippen LogP contribution in [0, 0.1) is 0 Å². The molecular formula is C27H29BrN2O8. The Morgan fingerprint density at radius 3 is 2.61 bits per heavy atom. The molecule has 38 heavy (non-hydrogen) atoms. The summed E-state index contributed by atoms with van der Waals surface area (Å²) in [5.74, 6) is -1.15. The maximum atomic E-state index is 13.8. The summed E-state index contributed by atoms with van der Waals surface area (Å²) in [6, 6.07) is 6.94. The fourth-order valence-corrected chi connectivity index (χ4v) is 5.56. The Labute approximate surface area is 228 Å². The molecule has 10 nitrogen and oxygen atoms in total. The Balaban J connectivity index is 1.54. The molecule has 3 aliphatic heterocycles. The number of fused-ring (bicyclic) bond motifs is 1. The van der Waals surface area contributed by atoms with Crippen molar-refractivity contribution in [2.45, 2.75) is 12.5 Å². The molecule has 0 spiro atoms. The number of morpholine rings is 1. The molecule has 2 fully saturated rings. The lowest BCUT2D eigenvalue weighted by Gasteiger charge is -2.29. The number of nitrogens with one attached hydrogen (secondary N) is 1. The molecule has 0 saturated carbocycles. The van der Waals surface area contributed by atoms with Gasteiger partial charge in [0.2, 0.25) is 5.78 Å². The van der Waals surface area contributed by atoms with Crippen LogP contribution >= 0.6 is 15.9 Å². The maximum absolute atomic E-state index is 13.8. The van der Waals surface area contributed by atoms with Crippen LogP contribution < -0.4 is 24.2 Å². The van der Waals surface area contributed by atoms with Gasteiger partial charge in [0.1, 0.15) is 26.3 Å². The molecule has 2 aromatic rings. The van der Waals surface area contributed by atoms with Gasteiger partial charge >= 0.3 is 0 Å². The zero-order valence-electron chi connectivity index (χ0n) is 21.0. The SMILES string of the molecule is COc1cc(C2C(=C([O-])c3ccc4c(c3)OCCO4)C(=O)C(=O)N2CCC[NH+]2CCOCC2)cc(Br)c1O. The first kappa shape index (κ1) is 26.3. The largest absolute Gasteiger partial charge is 0.872 e. The van der Waals surface area contributed by atoms with Gasteiger partial charge in [-0.3, -0.25) is 9.59 Å². The molecular weight excluding hydrogens is 560 g/mol. The number of benzene rings is 2. The fourth-order valence-electron chi connectivity index (χ4n) is 5.10. The van der Waals surface area contributed by atoms with E-state index in [4.69, 9.17) is 18.9 Å². The number of carbonyl (C=O) groups is 2. The second-order valence-corrected chi connectivity index (χ2v) is 10.2. The third-order valence-corrected chi connectivity index (χ3v) is 7.65. The number of halogens is 1. The second kappa shape index (κ2) is 11.2. The minimum absolute atomic E-state index is 0.117. The van der Waals surface area contributed by atoms with E-state index in [9.17, 15) is 19.8 Å². The Morgan fingerprint density at radius 1 is 1.13 bits per heavy atom. The molecule has 2 saturated heterocycles. The van der Waals surface area contributed by atoms with E-state index in [1.807, 2.05) is 0 Å². The second-order valence-electron chi connectivity index (χ2n) is 9.35. The topological polar surface area (TPSA) is 122 Å². The van der Waals surface area contributed by atoms with E-state index in [0.29, 0.717) is 60.9 Å². The van der Waals surface area contributed by atoms with E-state index < -0.39 is 23.5 Å². The molecule has 2 aromatic carbocycles. The van der Waals surface area contributed by atoms with Gasteiger partial charge < -0.3 is 39.0 Å². The monoisotopic (exact) mass is 588 g/mol. The van der Waals surface area contributed by atoms with E-state index in [-0.39, 0.29) is 22.6 Å². The Hall–Kier alpha value is -3.28. The molecule has 202 valence electrons. The summed E-state index contributed by atoms with van der Waals surface area (Å²) in [6.45, 7) is 5.02. The molecule has 11 heteroatoms. The highest BCUT2D eigenvalue weighted by atomic mass is 79.9. The number of hydrogen-bond donors (Lipinski definition) is 2. The Bertz CT molecular complexity index is 1270. The number of phenolic OH excluding ortho intramolecular Hbond substituents is 1. The van der Waals surface area contributed by atoms with Gasteiger partial charge in [-0.2, -0.15) is 0 Å². The van der Waals surface area contributed by atoms with Crippen molar-refractivity contribution < 1.29 is 43.6 Å². The summed E-state index contributed by atoms with van der Waals surface area (Å²) < 4.78 is 22.2. The lowest BCUT2D eigenvalue weighted by Crippen LogP contribution is -3.14. The Morgan fingerprint density at radius 2 is 1.87 bits per heavy atom. The van der Waals surface area contributed by atoms with Crippen molar-refractivity contribution in [2.24, 2.45) is 0 Å². The van der Waals surface area contributed by atoms with Crippen LogP contribution in [0.1, 0.15) is 23.6 Å². The quantitative estimate of drug-likeness (QED) is 0.272. The Kier molecular flexibility index (Phi) is 7.78. The number of aromatic hydroxyl groups is 1. The number of likely N-dealkylation sites (tertiary alicyclic amines) is 1. The summed E-state index contributed by atoms with van der Waals surface area (Å²) >= 11 is 3.32. The lowest BCUT2D eigenvalue weighted by atomic mass is 9.94. The van der Waals surface area contributed by atoms with Crippen LogP contribution in [-0.4, -0.2) is 81.4 Å². The minimum atomic E-state index is -0.943. The predicted molar refractivity (Wildman–Crippen MR) is 137 cm³/mol. The highest BCUT2D eigenvalue weighted by Gasteiger charge is 2.44. The molecule has 0 radical (unpaired) electrons. The van der Waals surface area contributed by atoms with Gasteiger partial charge in [0.05, 0.1) is 37.4 Å². The molecule has 5 rings (SSSR count). The van der Waals surface area contributed by atoms with Gasteiger partial charge in [0, 0.05) is 18.5 Å². The van der Waals surface area contributed by atoms with Gasteiger partial charge in [-0.25, -0.2) is 0 Å². The number of amides is 1. The highest BCUT2D eigenvalue weighted by Crippen LogP contribution is 2.44. The van der Waals surface area contributed by atoms with Gasteiger partial charge in [-0.1, -0.05) is 11.8 Å². The number of quaternary nitrogens is 1. The highest BCUT2D eigenvalue weighted by molar-refractivity contribution is 9.10. The van der Waals surface area contributed by atoms with Crippen molar-refractivity contribution in [3.63, 3.8) is 0 Å². The first-order chi connectivity index (χ1) is 18.4. The zero-order chi connectivity index (χ0) is 26.8. The summed E-state index contributed by atoms with van der Waals surface area (Å²) in [5, 5.41) is 24.2. The first-order valence-corrected chi connectivity index (χ1v) is 13.3.